The number of carboxylic acid groups (broad SMARTS) is 1. The number of aryl methyl sites for hydroxylation is 2. The number of hydrogen-bond donors (Lipinski definition) is 2. The molecule has 0 saturated heterocycles. The lowest BCUT2D eigenvalue weighted by atomic mass is 9.89. The molecule has 4 amide bonds. The van der Waals surface area contributed by atoms with E-state index >= 15 is 0 Å². The van der Waals surface area contributed by atoms with Gasteiger partial charge in [0.25, 0.3) is 0 Å². The summed E-state index contributed by atoms with van der Waals surface area (Å²) < 4.78 is 93.2. The third-order valence-corrected chi connectivity index (χ3v) is 9.66. The molecule has 330 valence electrons. The van der Waals surface area contributed by atoms with Gasteiger partial charge in [-0.25, -0.2) is 34.2 Å². The van der Waals surface area contributed by atoms with Gasteiger partial charge in [-0.05, 0) is 115 Å². The zero-order valence-corrected chi connectivity index (χ0v) is 34.8. The van der Waals surface area contributed by atoms with Crippen molar-refractivity contribution in [1.82, 2.24) is 24.6 Å². The average molecular weight is 864 g/mol. The zero-order valence-electron chi connectivity index (χ0n) is 34.8. The van der Waals surface area contributed by atoms with Crippen molar-refractivity contribution < 1.29 is 60.1 Å². The van der Waals surface area contributed by atoms with Gasteiger partial charge in [0.2, 0.25) is 11.9 Å². The Morgan fingerprint density at radius 1 is 0.836 bits per heavy atom. The number of anilines is 2. The molecular weight excluding hydrogens is 816 g/mol. The molecule has 0 bridgehead atoms. The number of imide groups is 1. The minimum Gasteiger partial charge on any atom is -0.465 e. The van der Waals surface area contributed by atoms with Crippen LogP contribution in [0, 0.1) is 0 Å². The number of nitrogens with zero attached hydrogens (tertiary/aromatic N) is 6. The largest absolute Gasteiger partial charge is 0.465 e. The molecule has 61 heavy (non-hydrogen) atoms. The molecule has 4 aromatic rings. The first-order valence-corrected chi connectivity index (χ1v) is 19.3. The van der Waals surface area contributed by atoms with Gasteiger partial charge >= 0.3 is 30.6 Å². The lowest BCUT2D eigenvalue weighted by Crippen LogP contribution is -2.52. The Labute approximate surface area is 347 Å². The molecule has 2 aromatic carbocycles. The highest BCUT2D eigenvalue weighted by atomic mass is 19.4. The number of carbonyl (C=O) groups is 4. The van der Waals surface area contributed by atoms with Crippen LogP contribution in [0.1, 0.15) is 96.4 Å². The predicted octanol–water partition coefficient (Wildman–Crippen LogP) is 9.78. The summed E-state index contributed by atoms with van der Waals surface area (Å²) in [6.07, 6.45) is -11.1. The second-order valence-corrected chi connectivity index (χ2v) is 16.7. The molecule has 0 radical (unpaired) electrons. The van der Waals surface area contributed by atoms with E-state index in [9.17, 15) is 50.6 Å². The number of ether oxygens (including phenoxy) is 2. The van der Waals surface area contributed by atoms with Gasteiger partial charge in [0.1, 0.15) is 11.2 Å². The molecule has 5 rings (SSSR count). The molecular formula is C41H47F6N7O7. The van der Waals surface area contributed by atoms with E-state index < -0.39 is 82.9 Å². The van der Waals surface area contributed by atoms with Crippen LogP contribution in [-0.2, 0) is 46.5 Å². The second kappa shape index (κ2) is 17.2. The van der Waals surface area contributed by atoms with Crippen LogP contribution in [0.5, 0.6) is 0 Å². The van der Waals surface area contributed by atoms with E-state index in [2.05, 4.69) is 20.4 Å². The third kappa shape index (κ3) is 11.3. The van der Waals surface area contributed by atoms with Crippen molar-refractivity contribution in [3.05, 3.63) is 64.8 Å². The fourth-order valence-corrected chi connectivity index (χ4v) is 7.07. The molecule has 0 aliphatic heterocycles. The SMILES string of the molecule is CCc1cc(-c2cc(NC(=O)Cc3cc(C(F)(F)F)ccc3C(F)(F)F)nn2C)cc2cnc(N(C(=O)O)C3CCC(N(C(=O)OC(C)(C)C)C(=O)OC(C)(C)C)CC3)nc12. The molecule has 14 nitrogen and oxygen atoms in total. The Morgan fingerprint density at radius 2 is 1.43 bits per heavy atom. The summed E-state index contributed by atoms with van der Waals surface area (Å²) in [5.74, 6) is -1.18. The topological polar surface area (TPSA) is 169 Å². The van der Waals surface area contributed by atoms with Crippen molar-refractivity contribution >= 4 is 46.9 Å². The summed E-state index contributed by atoms with van der Waals surface area (Å²) in [5.41, 5.74) is -3.18. The molecule has 1 saturated carbocycles. The van der Waals surface area contributed by atoms with Crippen LogP contribution >= 0.6 is 0 Å². The Balaban J connectivity index is 1.36. The summed E-state index contributed by atoms with van der Waals surface area (Å²) in [6.45, 7) is 11.9. The monoisotopic (exact) mass is 863 g/mol. The fourth-order valence-electron chi connectivity index (χ4n) is 7.07. The second-order valence-electron chi connectivity index (χ2n) is 16.7. The van der Waals surface area contributed by atoms with Crippen molar-refractivity contribution in [2.75, 3.05) is 10.2 Å². The third-order valence-electron chi connectivity index (χ3n) is 9.66. The van der Waals surface area contributed by atoms with E-state index in [0.717, 1.165) is 9.80 Å². The minimum absolute atomic E-state index is 0.0695. The molecule has 0 spiro atoms. The van der Waals surface area contributed by atoms with E-state index in [1.54, 1.807) is 60.7 Å². The summed E-state index contributed by atoms with van der Waals surface area (Å²) in [4.78, 5) is 63.2. The van der Waals surface area contributed by atoms with Crippen LogP contribution in [0.15, 0.2) is 42.6 Å². The molecule has 1 fully saturated rings. The molecule has 20 heteroatoms. The normalized spacial score (nSPS) is 16.2. The Bertz CT molecular complexity index is 2280. The first-order chi connectivity index (χ1) is 28.1. The maximum atomic E-state index is 13.6. The Kier molecular flexibility index (Phi) is 13.0. The van der Waals surface area contributed by atoms with Gasteiger partial charge in [-0.3, -0.25) is 9.48 Å². The van der Waals surface area contributed by atoms with Crippen LogP contribution in [0.4, 0.5) is 52.5 Å². The Hall–Kier alpha value is -5.95. The van der Waals surface area contributed by atoms with Crippen LogP contribution in [0.25, 0.3) is 22.2 Å². The molecule has 2 N–H and O–H groups in total. The number of hydrogen-bond acceptors (Lipinski definition) is 9. The van der Waals surface area contributed by atoms with E-state index in [1.807, 2.05) is 6.92 Å². The van der Waals surface area contributed by atoms with Gasteiger partial charge in [0.15, 0.2) is 5.82 Å². The maximum absolute atomic E-state index is 13.6. The molecule has 2 aromatic heterocycles. The number of amides is 4. The van der Waals surface area contributed by atoms with Crippen LogP contribution in [0.3, 0.4) is 0 Å². The van der Waals surface area contributed by atoms with Crippen molar-refractivity contribution in [1.29, 1.82) is 0 Å². The quantitative estimate of drug-likeness (QED) is 0.163. The van der Waals surface area contributed by atoms with Gasteiger partial charge in [0, 0.05) is 42.3 Å². The molecule has 0 atom stereocenters. The van der Waals surface area contributed by atoms with Crippen molar-refractivity contribution in [2.24, 2.45) is 7.05 Å². The summed E-state index contributed by atoms with van der Waals surface area (Å²) >= 11 is 0. The van der Waals surface area contributed by atoms with E-state index in [1.165, 1.54) is 16.9 Å². The van der Waals surface area contributed by atoms with Crippen LogP contribution in [-0.4, -0.2) is 77.2 Å². The Morgan fingerprint density at radius 3 is 1.95 bits per heavy atom. The maximum Gasteiger partial charge on any atom is 0.420 e. The fraction of sp³-hybridized carbons (Fsp3) is 0.488. The van der Waals surface area contributed by atoms with Crippen LogP contribution in [0.2, 0.25) is 0 Å². The van der Waals surface area contributed by atoms with Gasteiger partial charge in [-0.2, -0.15) is 31.4 Å². The number of rotatable bonds is 8. The van der Waals surface area contributed by atoms with Crippen molar-refractivity contribution in [3.63, 3.8) is 0 Å². The molecule has 1 aliphatic carbocycles. The highest BCUT2D eigenvalue weighted by Gasteiger charge is 2.41. The molecule has 2 heterocycles. The van der Waals surface area contributed by atoms with Gasteiger partial charge in [-0.15, -0.1) is 0 Å². The number of carbonyl (C=O) groups excluding carboxylic acids is 3. The number of fused-ring (bicyclic) bond motifs is 1. The first kappa shape index (κ1) is 46.1. The number of nitrogens with one attached hydrogen (secondary N) is 1. The lowest BCUT2D eigenvalue weighted by molar-refractivity contribution is -0.142. The first-order valence-electron chi connectivity index (χ1n) is 19.3. The standard InChI is InChI=1S/C41H47F6N7O7/c1-9-22-16-24(30-20-31(51-52(30)8)49-32(55)19-23-18-26(40(42,43)44)10-15-29(23)41(45,46)47)17-25-21-48-34(50-33(22)25)53(35(56)57)27-11-13-28(14-12-27)54(36(58)60-38(2,3)4)37(59)61-39(5,6)7/h10,15-18,20-21,27-28H,9,11-14,19H2,1-8H3,(H,56,57)(H,49,51,55). The highest BCUT2D eigenvalue weighted by Crippen LogP contribution is 2.38. The molecule has 0 unspecified atom stereocenters. The smallest absolute Gasteiger partial charge is 0.420 e. The van der Waals surface area contributed by atoms with Crippen molar-refractivity contribution in [3.8, 4) is 11.3 Å². The minimum atomic E-state index is -5.00. The van der Waals surface area contributed by atoms with Gasteiger partial charge in [0.05, 0.1) is 28.8 Å². The van der Waals surface area contributed by atoms with Crippen molar-refractivity contribution in [2.45, 2.75) is 123 Å². The number of alkyl halides is 6. The van der Waals surface area contributed by atoms with E-state index in [4.69, 9.17) is 9.47 Å². The summed E-state index contributed by atoms with van der Waals surface area (Å²) in [5, 5.41) is 17.5. The summed E-state index contributed by atoms with van der Waals surface area (Å²) in [6, 6.07) is 4.60. The number of aromatic nitrogens is 4. The van der Waals surface area contributed by atoms with Gasteiger partial charge in [-0.1, -0.05) is 6.92 Å². The number of benzene rings is 2. The number of halogens is 6. The van der Waals surface area contributed by atoms with Gasteiger partial charge < -0.3 is 19.9 Å². The zero-order chi connectivity index (χ0) is 45.4. The average Bonchev–Trinajstić information content (AvgIpc) is 3.48. The molecule has 1 aliphatic rings. The van der Waals surface area contributed by atoms with E-state index in [-0.39, 0.29) is 37.4 Å². The highest BCUT2D eigenvalue weighted by molar-refractivity contribution is 5.93. The summed E-state index contributed by atoms with van der Waals surface area (Å²) in [7, 11) is 1.55. The predicted molar refractivity (Wildman–Crippen MR) is 211 cm³/mol. The van der Waals surface area contributed by atoms with Crippen LogP contribution < -0.4 is 10.2 Å². The lowest BCUT2D eigenvalue weighted by Gasteiger charge is -2.38. The van der Waals surface area contributed by atoms with E-state index in [0.29, 0.717) is 52.3 Å².